The molecule has 0 saturated carbocycles. The third-order valence-corrected chi connectivity index (χ3v) is 3.44. The third kappa shape index (κ3) is 2.89. The van der Waals surface area contributed by atoms with Crippen LogP contribution >= 0.6 is 27.7 Å². The molecule has 4 nitrogen and oxygen atoms in total. The number of amidine groups is 1. The predicted molar refractivity (Wildman–Crippen MR) is 70.5 cm³/mol. The van der Waals surface area contributed by atoms with Crippen LogP contribution in [-0.4, -0.2) is 10.8 Å². The number of hydrogen-bond donors (Lipinski definition) is 2. The molecule has 1 aromatic heterocycles. The van der Waals surface area contributed by atoms with E-state index in [0.29, 0.717) is 10.8 Å². The molecule has 17 heavy (non-hydrogen) atoms. The van der Waals surface area contributed by atoms with Gasteiger partial charge in [0.2, 0.25) is 0 Å². The highest BCUT2D eigenvalue weighted by Gasteiger charge is 2.10. The number of nitrogen functional groups attached to an aromatic ring is 1. The van der Waals surface area contributed by atoms with Gasteiger partial charge in [-0.05, 0) is 36.9 Å². The van der Waals surface area contributed by atoms with Gasteiger partial charge in [-0.2, -0.15) is 0 Å². The maximum absolute atomic E-state index is 7.52. The third-order valence-electron chi connectivity index (χ3n) is 2.03. The molecule has 0 unspecified atom stereocenters. The Labute approximate surface area is 111 Å². The first kappa shape index (κ1) is 12.2. The molecular formula is C11H10BrN3OS. The maximum Gasteiger partial charge on any atom is 0.260 e. The number of rotatable bonds is 3. The molecule has 0 amide bonds. The highest BCUT2D eigenvalue weighted by atomic mass is 79.9. The van der Waals surface area contributed by atoms with Crippen molar-refractivity contribution in [3.8, 4) is 0 Å². The van der Waals surface area contributed by atoms with Crippen molar-refractivity contribution in [2.24, 2.45) is 5.73 Å². The molecule has 0 radical (unpaired) electrons. The lowest BCUT2D eigenvalue weighted by Crippen LogP contribution is -2.12. The summed E-state index contributed by atoms with van der Waals surface area (Å²) < 4.78 is 6.19. The monoisotopic (exact) mass is 311 g/mol. The molecule has 0 aliphatic rings. The molecule has 2 rings (SSSR count). The van der Waals surface area contributed by atoms with Crippen molar-refractivity contribution in [3.63, 3.8) is 0 Å². The Hall–Kier alpha value is -1.27. The summed E-state index contributed by atoms with van der Waals surface area (Å²) in [6.07, 6.45) is 1.59. The lowest BCUT2D eigenvalue weighted by atomic mass is 10.2. The predicted octanol–water partition coefficient (Wildman–Crippen LogP) is 3.18. The van der Waals surface area contributed by atoms with Gasteiger partial charge in [0.1, 0.15) is 12.1 Å². The second-order valence-corrected chi connectivity index (χ2v) is 5.32. The second-order valence-electron chi connectivity index (χ2n) is 3.41. The molecular weight excluding hydrogens is 302 g/mol. The average molecular weight is 312 g/mol. The van der Waals surface area contributed by atoms with E-state index in [0.717, 1.165) is 15.1 Å². The molecule has 1 heterocycles. The van der Waals surface area contributed by atoms with Gasteiger partial charge >= 0.3 is 0 Å². The first-order chi connectivity index (χ1) is 8.06. The van der Waals surface area contributed by atoms with Crippen LogP contribution in [0.3, 0.4) is 0 Å². The van der Waals surface area contributed by atoms with E-state index in [4.69, 9.17) is 15.6 Å². The normalized spacial score (nSPS) is 10.5. The van der Waals surface area contributed by atoms with Crippen molar-refractivity contribution in [1.82, 2.24) is 4.98 Å². The Morgan fingerprint density at radius 2 is 2.29 bits per heavy atom. The SMILES string of the molecule is Cc1coc(Sc2cc(Br)ccc2C(=N)N)n1. The minimum atomic E-state index is 0.0308. The van der Waals surface area contributed by atoms with Gasteiger partial charge in [-0.3, -0.25) is 5.41 Å². The van der Waals surface area contributed by atoms with Crippen LogP contribution in [0.25, 0.3) is 0 Å². The smallest absolute Gasteiger partial charge is 0.260 e. The first-order valence-electron chi connectivity index (χ1n) is 4.80. The number of nitrogens with zero attached hydrogens (tertiary/aromatic N) is 1. The number of nitrogens with two attached hydrogens (primary N) is 1. The number of hydrogen-bond acceptors (Lipinski definition) is 4. The summed E-state index contributed by atoms with van der Waals surface area (Å²) in [6.45, 7) is 1.86. The summed E-state index contributed by atoms with van der Waals surface area (Å²) >= 11 is 4.74. The fourth-order valence-corrected chi connectivity index (χ4v) is 2.74. The number of benzene rings is 1. The van der Waals surface area contributed by atoms with Crippen LogP contribution in [0, 0.1) is 12.3 Å². The topological polar surface area (TPSA) is 75.9 Å². The molecule has 0 atom stereocenters. The van der Waals surface area contributed by atoms with Gasteiger partial charge in [0, 0.05) is 14.9 Å². The summed E-state index contributed by atoms with van der Waals surface area (Å²) in [5.74, 6) is 0.0308. The Bertz CT molecular complexity index is 568. The molecule has 2 aromatic rings. The second kappa shape index (κ2) is 4.93. The van der Waals surface area contributed by atoms with Crippen LogP contribution in [0.2, 0.25) is 0 Å². The number of oxazole rings is 1. The zero-order chi connectivity index (χ0) is 12.4. The van der Waals surface area contributed by atoms with Crippen LogP contribution in [0.5, 0.6) is 0 Å². The molecule has 0 saturated heterocycles. The number of aryl methyl sites for hydroxylation is 1. The molecule has 0 spiro atoms. The van der Waals surface area contributed by atoms with Crippen molar-refractivity contribution in [1.29, 1.82) is 5.41 Å². The van der Waals surface area contributed by atoms with E-state index in [1.54, 1.807) is 12.3 Å². The molecule has 1 aromatic carbocycles. The maximum atomic E-state index is 7.52. The van der Waals surface area contributed by atoms with Gasteiger partial charge < -0.3 is 10.2 Å². The molecule has 0 aliphatic carbocycles. The van der Waals surface area contributed by atoms with Crippen molar-refractivity contribution in [3.05, 3.63) is 40.2 Å². The lowest BCUT2D eigenvalue weighted by molar-refractivity contribution is 0.454. The van der Waals surface area contributed by atoms with Crippen molar-refractivity contribution >= 4 is 33.5 Å². The largest absolute Gasteiger partial charge is 0.439 e. The van der Waals surface area contributed by atoms with Crippen LogP contribution in [-0.2, 0) is 0 Å². The van der Waals surface area contributed by atoms with E-state index in [1.807, 2.05) is 19.1 Å². The van der Waals surface area contributed by atoms with Crippen molar-refractivity contribution in [2.75, 3.05) is 0 Å². The van der Waals surface area contributed by atoms with Gasteiger partial charge in [-0.15, -0.1) is 0 Å². The lowest BCUT2D eigenvalue weighted by Gasteiger charge is -2.05. The Kier molecular flexibility index (Phi) is 3.54. The minimum Gasteiger partial charge on any atom is -0.439 e. The van der Waals surface area contributed by atoms with E-state index in [1.165, 1.54) is 11.8 Å². The summed E-state index contributed by atoms with van der Waals surface area (Å²) in [4.78, 5) is 5.05. The van der Waals surface area contributed by atoms with Crippen LogP contribution < -0.4 is 5.73 Å². The Morgan fingerprint density at radius 1 is 1.53 bits per heavy atom. The highest BCUT2D eigenvalue weighted by Crippen LogP contribution is 2.31. The molecule has 6 heteroatoms. The van der Waals surface area contributed by atoms with Crippen molar-refractivity contribution in [2.45, 2.75) is 17.0 Å². The molecule has 0 aliphatic heterocycles. The fraction of sp³-hybridized carbons (Fsp3) is 0.0909. The van der Waals surface area contributed by atoms with E-state index in [9.17, 15) is 0 Å². The quantitative estimate of drug-likeness (QED) is 0.674. The molecule has 3 N–H and O–H groups in total. The number of nitrogens with one attached hydrogen (secondary N) is 1. The molecule has 0 bridgehead atoms. The first-order valence-corrected chi connectivity index (χ1v) is 6.41. The summed E-state index contributed by atoms with van der Waals surface area (Å²) in [5, 5.41) is 8.06. The van der Waals surface area contributed by atoms with Crippen molar-refractivity contribution < 1.29 is 4.42 Å². The van der Waals surface area contributed by atoms with Gasteiger partial charge in [-0.1, -0.05) is 15.9 Å². The van der Waals surface area contributed by atoms with Gasteiger partial charge in [-0.25, -0.2) is 4.98 Å². The number of aromatic nitrogens is 1. The van der Waals surface area contributed by atoms with E-state index in [-0.39, 0.29) is 5.84 Å². The summed E-state index contributed by atoms with van der Waals surface area (Å²) in [5.41, 5.74) is 7.03. The Balaban J connectivity index is 2.37. The van der Waals surface area contributed by atoms with E-state index in [2.05, 4.69) is 20.9 Å². The highest BCUT2D eigenvalue weighted by molar-refractivity contribution is 9.10. The standard InChI is InChI=1S/C11H10BrN3OS/c1-6-5-16-11(15-6)17-9-4-7(12)2-3-8(9)10(13)14/h2-5H,1H3,(H3,13,14). The van der Waals surface area contributed by atoms with Gasteiger partial charge in [0.25, 0.3) is 5.22 Å². The Morgan fingerprint density at radius 3 is 2.88 bits per heavy atom. The summed E-state index contributed by atoms with van der Waals surface area (Å²) in [7, 11) is 0. The van der Waals surface area contributed by atoms with Crippen LogP contribution in [0.4, 0.5) is 0 Å². The molecule has 0 fully saturated rings. The summed E-state index contributed by atoms with van der Waals surface area (Å²) in [6, 6.07) is 5.53. The zero-order valence-electron chi connectivity index (χ0n) is 9.03. The number of halogens is 1. The fourth-order valence-electron chi connectivity index (χ4n) is 1.28. The van der Waals surface area contributed by atoms with Crippen LogP contribution in [0.1, 0.15) is 11.3 Å². The van der Waals surface area contributed by atoms with Gasteiger partial charge in [0.15, 0.2) is 0 Å². The molecule has 88 valence electrons. The van der Waals surface area contributed by atoms with E-state index >= 15 is 0 Å². The van der Waals surface area contributed by atoms with Gasteiger partial charge in [0.05, 0.1) is 5.69 Å². The zero-order valence-corrected chi connectivity index (χ0v) is 11.4. The average Bonchev–Trinajstić information content (AvgIpc) is 2.63. The van der Waals surface area contributed by atoms with E-state index < -0.39 is 0 Å². The minimum absolute atomic E-state index is 0.0308. The van der Waals surface area contributed by atoms with Crippen LogP contribution in [0.15, 0.2) is 43.5 Å².